The molecule has 0 bridgehead atoms. The molecule has 2 heteroatoms. The van der Waals surface area contributed by atoms with Crippen molar-refractivity contribution >= 4 is 0 Å². The summed E-state index contributed by atoms with van der Waals surface area (Å²) >= 11 is 0. The number of rotatable bonds is 10. The SMILES string of the molecule is CC(CCCN1CCCCC1)CCOc1ccc(Cc2ccccc2)cc1. The molecule has 0 radical (unpaired) electrons. The van der Waals surface area contributed by atoms with Gasteiger partial charge in [0, 0.05) is 0 Å². The van der Waals surface area contributed by atoms with E-state index in [1.807, 2.05) is 0 Å². The van der Waals surface area contributed by atoms with Crippen LogP contribution >= 0.6 is 0 Å². The van der Waals surface area contributed by atoms with Crippen molar-refractivity contribution in [2.45, 2.75) is 51.9 Å². The fourth-order valence-electron chi connectivity index (χ4n) is 3.90. The molecule has 1 saturated heterocycles. The van der Waals surface area contributed by atoms with E-state index < -0.39 is 0 Å². The number of benzene rings is 2. The molecule has 0 amide bonds. The first-order valence-corrected chi connectivity index (χ1v) is 10.8. The smallest absolute Gasteiger partial charge is 0.119 e. The van der Waals surface area contributed by atoms with Crippen LogP contribution in [0.1, 0.15) is 56.6 Å². The number of hydrogen-bond acceptors (Lipinski definition) is 2. The predicted molar refractivity (Wildman–Crippen MR) is 114 cm³/mol. The third kappa shape index (κ3) is 7.38. The second-order valence-electron chi connectivity index (χ2n) is 8.09. The molecule has 0 spiro atoms. The number of nitrogens with zero attached hydrogens (tertiary/aromatic N) is 1. The zero-order chi connectivity index (χ0) is 18.7. The summed E-state index contributed by atoms with van der Waals surface area (Å²) in [5.41, 5.74) is 2.68. The van der Waals surface area contributed by atoms with Gasteiger partial charge >= 0.3 is 0 Å². The molecule has 0 aromatic heterocycles. The van der Waals surface area contributed by atoms with Crippen molar-refractivity contribution in [1.29, 1.82) is 0 Å². The Morgan fingerprint density at radius 1 is 0.852 bits per heavy atom. The number of ether oxygens (including phenoxy) is 1. The van der Waals surface area contributed by atoms with Gasteiger partial charge in [0.15, 0.2) is 0 Å². The Morgan fingerprint density at radius 3 is 2.30 bits per heavy atom. The van der Waals surface area contributed by atoms with Crippen LogP contribution in [-0.2, 0) is 6.42 Å². The second kappa shape index (κ2) is 11.1. The minimum absolute atomic E-state index is 0.743. The van der Waals surface area contributed by atoms with E-state index in [0.29, 0.717) is 0 Å². The van der Waals surface area contributed by atoms with E-state index in [0.717, 1.165) is 31.1 Å². The van der Waals surface area contributed by atoms with Crippen molar-refractivity contribution in [3.8, 4) is 5.75 Å². The van der Waals surface area contributed by atoms with Crippen molar-refractivity contribution in [3.63, 3.8) is 0 Å². The Balaban J connectivity index is 1.30. The molecular weight excluding hydrogens is 330 g/mol. The van der Waals surface area contributed by atoms with Crippen molar-refractivity contribution in [2.75, 3.05) is 26.2 Å². The highest BCUT2D eigenvalue weighted by Crippen LogP contribution is 2.18. The van der Waals surface area contributed by atoms with Crippen molar-refractivity contribution in [2.24, 2.45) is 5.92 Å². The average Bonchev–Trinajstić information content (AvgIpc) is 2.71. The minimum Gasteiger partial charge on any atom is -0.494 e. The third-order valence-corrected chi connectivity index (χ3v) is 5.67. The summed E-state index contributed by atoms with van der Waals surface area (Å²) in [6.45, 7) is 7.11. The lowest BCUT2D eigenvalue weighted by molar-refractivity contribution is 0.216. The zero-order valence-corrected chi connectivity index (χ0v) is 16.9. The van der Waals surface area contributed by atoms with Gasteiger partial charge in [0.25, 0.3) is 0 Å². The van der Waals surface area contributed by atoms with Gasteiger partial charge < -0.3 is 9.64 Å². The van der Waals surface area contributed by atoms with Gasteiger partial charge in [-0.3, -0.25) is 0 Å². The molecule has 1 atom stereocenters. The van der Waals surface area contributed by atoms with E-state index in [1.54, 1.807) is 0 Å². The van der Waals surface area contributed by atoms with E-state index in [2.05, 4.69) is 66.4 Å². The first-order chi connectivity index (χ1) is 13.3. The summed E-state index contributed by atoms with van der Waals surface area (Å²) < 4.78 is 5.97. The largest absolute Gasteiger partial charge is 0.494 e. The Labute approximate surface area is 165 Å². The molecule has 2 aromatic carbocycles. The number of likely N-dealkylation sites (tertiary alicyclic amines) is 1. The average molecular weight is 366 g/mol. The van der Waals surface area contributed by atoms with Gasteiger partial charge in [-0.2, -0.15) is 0 Å². The van der Waals surface area contributed by atoms with Crippen LogP contribution in [0.25, 0.3) is 0 Å². The molecule has 0 saturated carbocycles. The Bertz CT molecular complexity index is 631. The number of hydrogen-bond donors (Lipinski definition) is 0. The lowest BCUT2D eigenvalue weighted by Gasteiger charge is -2.26. The summed E-state index contributed by atoms with van der Waals surface area (Å²) in [6.07, 6.45) is 8.99. The van der Waals surface area contributed by atoms with E-state index in [9.17, 15) is 0 Å². The maximum atomic E-state index is 5.97. The van der Waals surface area contributed by atoms with Crippen molar-refractivity contribution < 1.29 is 4.74 Å². The van der Waals surface area contributed by atoms with Gasteiger partial charge in [-0.25, -0.2) is 0 Å². The summed E-state index contributed by atoms with van der Waals surface area (Å²) in [4.78, 5) is 2.64. The fourth-order valence-corrected chi connectivity index (χ4v) is 3.90. The molecular formula is C25H35NO. The predicted octanol–water partition coefficient (Wildman–Crippen LogP) is 5.95. The van der Waals surface area contributed by atoms with Gasteiger partial charge in [0.05, 0.1) is 6.61 Å². The Morgan fingerprint density at radius 2 is 1.56 bits per heavy atom. The fraction of sp³-hybridized carbons (Fsp3) is 0.520. The monoisotopic (exact) mass is 365 g/mol. The lowest BCUT2D eigenvalue weighted by Crippen LogP contribution is -2.30. The van der Waals surface area contributed by atoms with Crippen LogP contribution < -0.4 is 4.74 Å². The summed E-state index contributed by atoms with van der Waals surface area (Å²) in [5.74, 6) is 1.74. The molecule has 1 unspecified atom stereocenters. The van der Waals surface area contributed by atoms with Crippen LogP contribution in [0.3, 0.4) is 0 Å². The topological polar surface area (TPSA) is 12.5 Å². The van der Waals surface area contributed by atoms with Crippen LogP contribution in [0.2, 0.25) is 0 Å². The number of piperidine rings is 1. The maximum Gasteiger partial charge on any atom is 0.119 e. The standard InChI is InChI=1S/C25H35NO/c1-22(9-8-19-26-17-6-3-7-18-26)16-20-27-25-14-12-24(13-15-25)21-23-10-4-2-5-11-23/h2,4-5,10-15,22H,3,6-9,16-21H2,1H3. The molecule has 1 aliphatic rings. The van der Waals surface area contributed by atoms with Crippen LogP contribution in [0.5, 0.6) is 5.75 Å². The summed E-state index contributed by atoms with van der Waals surface area (Å²) in [5, 5.41) is 0. The molecule has 1 fully saturated rings. The molecule has 3 rings (SSSR count). The van der Waals surface area contributed by atoms with Crippen molar-refractivity contribution in [1.82, 2.24) is 4.90 Å². The van der Waals surface area contributed by atoms with E-state index in [1.165, 1.54) is 62.9 Å². The van der Waals surface area contributed by atoms with Crippen LogP contribution in [0.15, 0.2) is 54.6 Å². The van der Waals surface area contributed by atoms with Gasteiger partial charge in [-0.1, -0.05) is 55.8 Å². The van der Waals surface area contributed by atoms with Crippen LogP contribution in [0, 0.1) is 5.92 Å². The molecule has 2 nitrogen and oxygen atoms in total. The Hall–Kier alpha value is -1.80. The van der Waals surface area contributed by atoms with Gasteiger partial charge in [0.1, 0.15) is 5.75 Å². The highest BCUT2D eigenvalue weighted by atomic mass is 16.5. The highest BCUT2D eigenvalue weighted by molar-refractivity contribution is 5.31. The molecule has 146 valence electrons. The first-order valence-electron chi connectivity index (χ1n) is 10.8. The maximum absolute atomic E-state index is 5.97. The molecule has 1 aliphatic heterocycles. The van der Waals surface area contributed by atoms with Crippen molar-refractivity contribution in [3.05, 3.63) is 65.7 Å². The van der Waals surface area contributed by atoms with Gasteiger partial charge in [-0.15, -0.1) is 0 Å². The third-order valence-electron chi connectivity index (χ3n) is 5.67. The van der Waals surface area contributed by atoms with E-state index in [4.69, 9.17) is 4.74 Å². The highest BCUT2D eigenvalue weighted by Gasteiger charge is 2.10. The van der Waals surface area contributed by atoms with Crippen LogP contribution in [-0.4, -0.2) is 31.1 Å². The van der Waals surface area contributed by atoms with Gasteiger partial charge in [0.2, 0.25) is 0 Å². The van der Waals surface area contributed by atoms with Gasteiger partial charge in [-0.05, 0) is 87.3 Å². The summed E-state index contributed by atoms with van der Waals surface area (Å²) in [6, 6.07) is 19.2. The quantitative estimate of drug-likeness (QED) is 0.516. The zero-order valence-electron chi connectivity index (χ0n) is 16.9. The minimum atomic E-state index is 0.743. The van der Waals surface area contributed by atoms with Crippen LogP contribution in [0.4, 0.5) is 0 Å². The Kier molecular flexibility index (Phi) is 8.23. The molecule has 0 aliphatic carbocycles. The second-order valence-corrected chi connectivity index (χ2v) is 8.09. The normalized spacial score (nSPS) is 16.2. The summed E-state index contributed by atoms with van der Waals surface area (Å²) in [7, 11) is 0. The molecule has 0 N–H and O–H groups in total. The first kappa shape index (κ1) is 19.9. The lowest BCUT2D eigenvalue weighted by atomic mass is 10.0. The molecule has 27 heavy (non-hydrogen) atoms. The van der Waals surface area contributed by atoms with E-state index in [-0.39, 0.29) is 0 Å². The van der Waals surface area contributed by atoms with E-state index >= 15 is 0 Å². The molecule has 2 aromatic rings. The molecule has 1 heterocycles.